The van der Waals surface area contributed by atoms with Gasteiger partial charge in [-0.15, -0.1) is 0 Å². The molecule has 4 nitrogen and oxygen atoms in total. The average molecular weight is 352 g/mol. The summed E-state index contributed by atoms with van der Waals surface area (Å²) in [5.41, 5.74) is 3.06. The highest BCUT2D eigenvalue weighted by atomic mass is 35.5. The molecule has 25 heavy (non-hydrogen) atoms. The zero-order valence-corrected chi connectivity index (χ0v) is 14.6. The van der Waals surface area contributed by atoms with Crippen LogP contribution in [-0.4, -0.2) is 22.8 Å². The van der Waals surface area contributed by atoms with Gasteiger partial charge < -0.3 is 10.2 Å². The molecule has 0 unspecified atom stereocenters. The number of carbonyl (C=O) groups excluding carboxylic acids is 1. The highest BCUT2D eigenvalue weighted by Gasteiger charge is 2.13. The van der Waals surface area contributed by atoms with Crippen molar-refractivity contribution in [1.29, 1.82) is 0 Å². The fourth-order valence-corrected chi connectivity index (χ4v) is 2.62. The molecule has 1 heterocycles. The Bertz CT molecular complexity index is 850. The molecule has 1 amide bonds. The molecule has 1 N–H and O–H groups in total. The Hall–Kier alpha value is -2.85. The van der Waals surface area contributed by atoms with Gasteiger partial charge in [-0.2, -0.15) is 0 Å². The van der Waals surface area contributed by atoms with Crippen LogP contribution >= 0.6 is 11.6 Å². The Kier molecular flexibility index (Phi) is 5.31. The monoisotopic (exact) mass is 351 g/mol. The standard InChI is InChI=1S/C20H18ClN3O/c1-24(14-15-7-3-2-4-8-15)20(25)19-12-11-16(13-22-19)23-18-10-6-5-9-17(18)21/h2-13,23H,14H2,1H3. The molecule has 0 saturated carbocycles. The van der Waals surface area contributed by atoms with E-state index >= 15 is 0 Å². The summed E-state index contributed by atoms with van der Waals surface area (Å²) in [5, 5.41) is 3.82. The van der Waals surface area contributed by atoms with Crippen molar-refractivity contribution in [3.8, 4) is 0 Å². The van der Waals surface area contributed by atoms with Gasteiger partial charge in [0.1, 0.15) is 5.69 Å². The average Bonchev–Trinajstić information content (AvgIpc) is 2.64. The van der Waals surface area contributed by atoms with E-state index in [2.05, 4.69) is 10.3 Å². The van der Waals surface area contributed by atoms with Gasteiger partial charge in [-0.25, -0.2) is 4.98 Å². The van der Waals surface area contributed by atoms with Crippen LogP contribution in [0.3, 0.4) is 0 Å². The largest absolute Gasteiger partial charge is 0.353 e. The maximum atomic E-state index is 12.5. The second-order valence-corrected chi connectivity index (χ2v) is 6.09. The van der Waals surface area contributed by atoms with Gasteiger partial charge >= 0.3 is 0 Å². The molecule has 126 valence electrons. The van der Waals surface area contributed by atoms with E-state index in [9.17, 15) is 4.79 Å². The minimum atomic E-state index is -0.117. The van der Waals surface area contributed by atoms with Crippen LogP contribution in [-0.2, 0) is 6.54 Å². The summed E-state index contributed by atoms with van der Waals surface area (Å²) in [6.07, 6.45) is 1.63. The van der Waals surface area contributed by atoms with Crippen LogP contribution in [0.4, 0.5) is 11.4 Å². The van der Waals surface area contributed by atoms with Crippen molar-refractivity contribution < 1.29 is 4.79 Å². The Balaban J connectivity index is 1.67. The molecule has 0 bridgehead atoms. The summed E-state index contributed by atoms with van der Waals surface area (Å²) < 4.78 is 0. The van der Waals surface area contributed by atoms with Crippen molar-refractivity contribution in [3.63, 3.8) is 0 Å². The van der Waals surface area contributed by atoms with E-state index in [0.29, 0.717) is 17.3 Å². The predicted octanol–water partition coefficient (Wildman–Crippen LogP) is 4.75. The molecule has 0 aliphatic carbocycles. The quantitative estimate of drug-likeness (QED) is 0.721. The van der Waals surface area contributed by atoms with Gasteiger partial charge in [0.25, 0.3) is 5.91 Å². The molecule has 0 saturated heterocycles. The summed E-state index contributed by atoms with van der Waals surface area (Å²) in [6, 6.07) is 20.9. The lowest BCUT2D eigenvalue weighted by Gasteiger charge is -2.17. The van der Waals surface area contributed by atoms with Gasteiger partial charge in [0, 0.05) is 13.6 Å². The molecule has 0 fully saturated rings. The molecule has 0 aliphatic rings. The van der Waals surface area contributed by atoms with Crippen LogP contribution in [0, 0.1) is 0 Å². The molecular weight excluding hydrogens is 334 g/mol. The van der Waals surface area contributed by atoms with Gasteiger partial charge in [-0.05, 0) is 29.8 Å². The maximum absolute atomic E-state index is 12.5. The van der Waals surface area contributed by atoms with E-state index in [1.165, 1.54) is 0 Å². The summed E-state index contributed by atoms with van der Waals surface area (Å²) in [5.74, 6) is -0.117. The Morgan fingerprint density at radius 1 is 1.04 bits per heavy atom. The van der Waals surface area contributed by atoms with Crippen molar-refractivity contribution in [2.24, 2.45) is 0 Å². The minimum absolute atomic E-state index is 0.117. The van der Waals surface area contributed by atoms with Crippen LogP contribution < -0.4 is 5.32 Å². The smallest absolute Gasteiger partial charge is 0.272 e. The van der Waals surface area contributed by atoms with Crippen molar-refractivity contribution in [2.45, 2.75) is 6.54 Å². The van der Waals surface area contributed by atoms with Crippen molar-refractivity contribution in [2.75, 3.05) is 12.4 Å². The van der Waals surface area contributed by atoms with Crippen molar-refractivity contribution in [3.05, 3.63) is 89.2 Å². The van der Waals surface area contributed by atoms with Crippen LogP contribution in [0.2, 0.25) is 5.02 Å². The Labute approximate surface area is 152 Å². The zero-order valence-electron chi connectivity index (χ0n) is 13.8. The molecule has 0 atom stereocenters. The molecule has 5 heteroatoms. The van der Waals surface area contributed by atoms with Crippen LogP contribution in [0.1, 0.15) is 16.1 Å². The number of aromatic nitrogens is 1. The number of para-hydroxylation sites is 1. The molecular formula is C20H18ClN3O. The first-order valence-electron chi connectivity index (χ1n) is 7.90. The van der Waals surface area contributed by atoms with Crippen LogP contribution in [0.25, 0.3) is 0 Å². The lowest BCUT2D eigenvalue weighted by atomic mass is 10.2. The number of rotatable bonds is 5. The first kappa shape index (κ1) is 17.0. The Morgan fingerprint density at radius 2 is 1.76 bits per heavy atom. The summed E-state index contributed by atoms with van der Waals surface area (Å²) in [7, 11) is 1.77. The number of hydrogen-bond donors (Lipinski definition) is 1. The normalized spacial score (nSPS) is 10.3. The number of nitrogens with one attached hydrogen (secondary N) is 1. The third-order valence-corrected chi connectivity index (χ3v) is 4.07. The van der Waals surface area contributed by atoms with Gasteiger partial charge in [0.2, 0.25) is 0 Å². The molecule has 3 rings (SSSR count). The summed E-state index contributed by atoms with van der Waals surface area (Å²) in [6.45, 7) is 0.543. The highest BCUT2D eigenvalue weighted by Crippen LogP contribution is 2.24. The predicted molar refractivity (Wildman–Crippen MR) is 101 cm³/mol. The molecule has 1 aromatic heterocycles. The van der Waals surface area contributed by atoms with Crippen LogP contribution in [0.15, 0.2) is 72.9 Å². The van der Waals surface area contributed by atoms with E-state index in [1.807, 2.05) is 60.7 Å². The molecule has 0 aliphatic heterocycles. The Morgan fingerprint density at radius 3 is 2.44 bits per heavy atom. The molecule has 0 spiro atoms. The lowest BCUT2D eigenvalue weighted by molar-refractivity contribution is 0.0779. The number of carbonyl (C=O) groups is 1. The highest BCUT2D eigenvalue weighted by molar-refractivity contribution is 6.33. The van der Waals surface area contributed by atoms with Crippen molar-refractivity contribution >= 4 is 28.9 Å². The van der Waals surface area contributed by atoms with Gasteiger partial charge in [-0.1, -0.05) is 54.1 Å². The number of halogens is 1. The van der Waals surface area contributed by atoms with Gasteiger partial charge in [0.05, 0.1) is 22.6 Å². The molecule has 3 aromatic rings. The van der Waals surface area contributed by atoms with Gasteiger partial charge in [-0.3, -0.25) is 4.79 Å². The lowest BCUT2D eigenvalue weighted by Crippen LogP contribution is -2.26. The van der Waals surface area contributed by atoms with E-state index in [-0.39, 0.29) is 5.91 Å². The first-order valence-corrected chi connectivity index (χ1v) is 8.28. The summed E-state index contributed by atoms with van der Waals surface area (Å²) >= 11 is 6.13. The number of nitrogens with zero attached hydrogens (tertiary/aromatic N) is 2. The van der Waals surface area contributed by atoms with Crippen LogP contribution in [0.5, 0.6) is 0 Å². The van der Waals surface area contributed by atoms with E-state index in [1.54, 1.807) is 24.2 Å². The minimum Gasteiger partial charge on any atom is -0.353 e. The maximum Gasteiger partial charge on any atom is 0.272 e. The molecule has 0 radical (unpaired) electrons. The fourth-order valence-electron chi connectivity index (χ4n) is 2.44. The molecule has 2 aromatic carbocycles. The van der Waals surface area contributed by atoms with Crippen molar-refractivity contribution in [1.82, 2.24) is 9.88 Å². The number of anilines is 2. The first-order chi connectivity index (χ1) is 12.1. The second-order valence-electron chi connectivity index (χ2n) is 5.68. The van der Waals surface area contributed by atoms with E-state index in [0.717, 1.165) is 16.9 Å². The third-order valence-electron chi connectivity index (χ3n) is 3.74. The van der Waals surface area contributed by atoms with E-state index in [4.69, 9.17) is 11.6 Å². The fraction of sp³-hybridized carbons (Fsp3) is 0.100. The zero-order chi connectivity index (χ0) is 17.6. The number of hydrogen-bond acceptors (Lipinski definition) is 3. The SMILES string of the molecule is CN(Cc1ccccc1)C(=O)c1ccc(Nc2ccccc2Cl)cn1. The van der Waals surface area contributed by atoms with E-state index < -0.39 is 0 Å². The van der Waals surface area contributed by atoms with Gasteiger partial charge in [0.15, 0.2) is 0 Å². The topological polar surface area (TPSA) is 45.2 Å². The second kappa shape index (κ2) is 7.81. The summed E-state index contributed by atoms with van der Waals surface area (Å²) in [4.78, 5) is 18.4. The number of pyridine rings is 1. The number of benzene rings is 2. The third kappa shape index (κ3) is 4.37. The number of amides is 1.